The van der Waals surface area contributed by atoms with Crippen molar-refractivity contribution in [3.05, 3.63) is 28.3 Å². The molecule has 0 heterocycles. The molecule has 0 saturated carbocycles. The Kier molecular flexibility index (Phi) is 7.33. The van der Waals surface area contributed by atoms with E-state index >= 15 is 0 Å². The number of rotatable bonds is 7. The van der Waals surface area contributed by atoms with Gasteiger partial charge in [0.05, 0.1) is 4.92 Å². The molecule has 1 aromatic carbocycles. The first-order valence-corrected chi connectivity index (χ1v) is 7.88. The van der Waals surface area contributed by atoms with Crippen LogP contribution in [0.25, 0.3) is 0 Å². The minimum absolute atomic E-state index is 0.00527. The van der Waals surface area contributed by atoms with Gasteiger partial charge in [-0.05, 0) is 12.1 Å². The maximum Gasteiger partial charge on any atom is 0.460 e. The topological polar surface area (TPSA) is 101 Å². The first-order valence-electron chi connectivity index (χ1n) is 7.88. The lowest BCUT2D eigenvalue weighted by molar-refractivity contribution is -0.384. The summed E-state index contributed by atoms with van der Waals surface area (Å²) in [7, 11) is 0. The van der Waals surface area contributed by atoms with Crippen molar-refractivity contribution in [2.24, 2.45) is 0 Å². The number of anilines is 2. The van der Waals surface area contributed by atoms with Crippen LogP contribution >= 0.6 is 0 Å². The van der Waals surface area contributed by atoms with Crippen molar-refractivity contribution in [3.8, 4) is 0 Å². The molecule has 0 aliphatic carbocycles. The summed E-state index contributed by atoms with van der Waals surface area (Å²) in [5, 5.41) is 12.1. The third-order valence-corrected chi connectivity index (χ3v) is 3.77. The Balaban J connectivity index is 3.40. The zero-order valence-electron chi connectivity index (χ0n) is 15.6. The van der Waals surface area contributed by atoms with E-state index in [0.717, 1.165) is 0 Å². The number of carbonyl (C=O) groups is 2. The molecule has 0 aliphatic heterocycles. The summed E-state index contributed by atoms with van der Waals surface area (Å²) < 4.78 is 178. The normalized spacial score (nSPS) is 13.9. The van der Waals surface area contributed by atoms with Crippen LogP contribution in [-0.4, -0.2) is 52.8 Å². The Labute approximate surface area is 181 Å². The Morgan fingerprint density at radius 3 is 1.40 bits per heavy atom. The molecule has 0 bridgehead atoms. The molecule has 0 aliphatic rings. The summed E-state index contributed by atoms with van der Waals surface area (Å²) in [5.74, 6) is -34.2. The van der Waals surface area contributed by atoms with Crippen LogP contribution in [0.2, 0.25) is 0 Å². The summed E-state index contributed by atoms with van der Waals surface area (Å²) in [6.45, 7) is 0. The highest BCUT2D eigenvalue weighted by molar-refractivity contribution is 6.01. The number of hydrogen-bond donors (Lipinski definition) is 2. The zero-order chi connectivity index (χ0) is 28.0. The highest BCUT2D eigenvalue weighted by atomic mass is 19.4. The average Bonchev–Trinajstić information content (AvgIpc) is 2.65. The van der Waals surface area contributed by atoms with Gasteiger partial charge in [0, 0.05) is 11.8 Å². The quantitative estimate of drug-likeness (QED) is 0.282. The van der Waals surface area contributed by atoms with E-state index in [1.54, 1.807) is 0 Å². The molecule has 0 spiro atoms. The molecule has 2 amide bonds. The number of benzene rings is 1. The fraction of sp³-hybridized carbons (Fsp3) is 0.429. The molecule has 0 saturated heterocycles. The number of nitro groups is 1. The molecule has 2 N–H and O–H groups in total. The molecule has 1 aromatic rings. The molecule has 0 atom stereocenters. The standard InChI is InChI=1S/C14H5F14N3O4/c15-9(16,11(19,20)13(23,24)25)7(32)29-4-1-2-6(31(34)35)5(3-4)30-8(33)10(17,18)12(21,22)14(26,27)28/h1-3H,(H,29,32)(H,30,33). The fourth-order valence-electron chi connectivity index (χ4n) is 1.92. The molecule has 0 fully saturated rings. The van der Waals surface area contributed by atoms with Crippen molar-refractivity contribution >= 4 is 28.9 Å². The van der Waals surface area contributed by atoms with E-state index in [0.29, 0.717) is 10.6 Å². The second kappa shape index (κ2) is 8.66. The van der Waals surface area contributed by atoms with Gasteiger partial charge < -0.3 is 10.6 Å². The van der Waals surface area contributed by atoms with Gasteiger partial charge >= 0.3 is 47.9 Å². The number of nitrogens with zero attached hydrogens (tertiary/aromatic N) is 1. The van der Waals surface area contributed by atoms with Crippen LogP contribution in [0.4, 0.5) is 78.5 Å². The van der Waals surface area contributed by atoms with Crippen LogP contribution < -0.4 is 10.6 Å². The summed E-state index contributed by atoms with van der Waals surface area (Å²) >= 11 is 0. The molecule has 1 rings (SSSR count). The molecule has 7 nitrogen and oxygen atoms in total. The van der Waals surface area contributed by atoms with Crippen LogP contribution in [0.3, 0.4) is 0 Å². The van der Waals surface area contributed by atoms with Crippen molar-refractivity contribution in [1.82, 2.24) is 0 Å². The van der Waals surface area contributed by atoms with E-state index in [2.05, 4.69) is 0 Å². The predicted molar refractivity (Wildman–Crippen MR) is 82.3 cm³/mol. The van der Waals surface area contributed by atoms with E-state index in [1.807, 2.05) is 0 Å². The molecule has 0 radical (unpaired) electrons. The van der Waals surface area contributed by atoms with Crippen LogP contribution in [0.1, 0.15) is 0 Å². The van der Waals surface area contributed by atoms with E-state index in [4.69, 9.17) is 0 Å². The molecular weight excluding hydrogens is 540 g/mol. The number of hydrogen-bond acceptors (Lipinski definition) is 4. The lowest BCUT2D eigenvalue weighted by Crippen LogP contribution is -2.58. The van der Waals surface area contributed by atoms with Gasteiger partial charge in [-0.15, -0.1) is 0 Å². The molecule has 198 valence electrons. The summed E-state index contributed by atoms with van der Waals surface area (Å²) in [4.78, 5) is 31.9. The lowest BCUT2D eigenvalue weighted by Gasteiger charge is -2.27. The summed E-state index contributed by atoms with van der Waals surface area (Å²) in [6, 6.07) is -0.126. The minimum Gasteiger partial charge on any atom is -0.321 e. The van der Waals surface area contributed by atoms with Crippen LogP contribution in [0.5, 0.6) is 0 Å². The largest absolute Gasteiger partial charge is 0.460 e. The van der Waals surface area contributed by atoms with E-state index in [1.165, 1.54) is 0 Å². The van der Waals surface area contributed by atoms with Gasteiger partial charge in [0.2, 0.25) is 0 Å². The maximum absolute atomic E-state index is 13.4. The Morgan fingerprint density at radius 2 is 1.06 bits per heavy atom. The molecule has 21 heteroatoms. The molecular formula is C14H5F14N3O4. The number of nitro benzene ring substituents is 1. The second-order valence-electron chi connectivity index (χ2n) is 6.19. The number of alkyl halides is 14. The monoisotopic (exact) mass is 545 g/mol. The predicted octanol–water partition coefficient (Wildman–Crippen LogP) is 5.14. The van der Waals surface area contributed by atoms with E-state index in [-0.39, 0.29) is 18.2 Å². The lowest BCUT2D eigenvalue weighted by atomic mass is 10.1. The smallest absolute Gasteiger partial charge is 0.321 e. The second-order valence-corrected chi connectivity index (χ2v) is 6.19. The van der Waals surface area contributed by atoms with Gasteiger partial charge in [0.15, 0.2) is 0 Å². The molecule has 0 unspecified atom stereocenters. The number of amides is 2. The zero-order valence-corrected chi connectivity index (χ0v) is 15.6. The van der Waals surface area contributed by atoms with Gasteiger partial charge in [-0.3, -0.25) is 19.7 Å². The highest BCUT2D eigenvalue weighted by Gasteiger charge is 2.77. The third-order valence-electron chi connectivity index (χ3n) is 3.77. The summed E-state index contributed by atoms with van der Waals surface area (Å²) in [5.41, 5.74) is -4.82. The van der Waals surface area contributed by atoms with Crippen LogP contribution in [0.15, 0.2) is 18.2 Å². The third kappa shape index (κ3) is 5.16. The fourth-order valence-corrected chi connectivity index (χ4v) is 1.92. The number of nitrogens with one attached hydrogen (secondary N) is 2. The van der Waals surface area contributed by atoms with E-state index in [9.17, 15) is 81.2 Å². The highest BCUT2D eigenvalue weighted by Crippen LogP contribution is 2.48. The van der Waals surface area contributed by atoms with Gasteiger partial charge in [0.1, 0.15) is 5.69 Å². The number of halogens is 14. The van der Waals surface area contributed by atoms with E-state index < -0.39 is 69.8 Å². The first-order chi connectivity index (χ1) is 15.3. The molecule has 35 heavy (non-hydrogen) atoms. The van der Waals surface area contributed by atoms with Gasteiger partial charge in [-0.1, -0.05) is 0 Å². The Hall–Kier alpha value is -3.42. The van der Waals surface area contributed by atoms with Crippen LogP contribution in [0, 0.1) is 10.1 Å². The maximum atomic E-state index is 13.4. The average molecular weight is 545 g/mol. The van der Waals surface area contributed by atoms with Gasteiger partial charge in [-0.2, -0.15) is 61.5 Å². The SMILES string of the molecule is O=C(Nc1ccc([N+](=O)[O-])c(NC(=O)C(F)(F)C(F)(F)C(F)(F)F)c1)C(F)(F)C(F)(F)C(F)(F)F. The minimum atomic E-state index is -7.05. The summed E-state index contributed by atoms with van der Waals surface area (Å²) in [6.07, 6.45) is -14.0. The number of carbonyl (C=O) groups excluding carboxylic acids is 2. The van der Waals surface area contributed by atoms with Gasteiger partial charge in [0.25, 0.3) is 5.69 Å². The Morgan fingerprint density at radius 1 is 0.686 bits per heavy atom. The van der Waals surface area contributed by atoms with Crippen molar-refractivity contribution in [1.29, 1.82) is 0 Å². The van der Waals surface area contributed by atoms with Crippen molar-refractivity contribution in [2.45, 2.75) is 36.0 Å². The van der Waals surface area contributed by atoms with Gasteiger partial charge in [-0.25, -0.2) is 0 Å². The van der Waals surface area contributed by atoms with Crippen molar-refractivity contribution in [3.63, 3.8) is 0 Å². The van der Waals surface area contributed by atoms with Crippen molar-refractivity contribution in [2.75, 3.05) is 10.6 Å². The van der Waals surface area contributed by atoms with Crippen molar-refractivity contribution < 1.29 is 76.0 Å². The molecule has 0 aromatic heterocycles. The van der Waals surface area contributed by atoms with Crippen LogP contribution in [-0.2, 0) is 9.59 Å². The first kappa shape index (κ1) is 29.6. The Bertz CT molecular complexity index is 1020.